The zero-order valence-electron chi connectivity index (χ0n) is 10.3. The summed E-state index contributed by atoms with van der Waals surface area (Å²) in [6.07, 6.45) is 0.942. The lowest BCUT2D eigenvalue weighted by Crippen LogP contribution is -2.35. The molecule has 1 N–H and O–H groups in total. The van der Waals surface area contributed by atoms with Crippen LogP contribution in [0, 0.1) is 5.92 Å². The second-order valence-electron chi connectivity index (χ2n) is 4.95. The van der Waals surface area contributed by atoms with Crippen molar-refractivity contribution in [1.82, 2.24) is 15.1 Å². The number of hydrogen-bond donors (Lipinski definition) is 1. The van der Waals surface area contributed by atoms with Crippen molar-refractivity contribution < 1.29 is 4.79 Å². The molecular weight excluding hydrogens is 190 g/mol. The van der Waals surface area contributed by atoms with Gasteiger partial charge >= 0.3 is 0 Å². The number of carbonyl (C=O) groups is 1. The lowest BCUT2D eigenvalue weighted by Gasteiger charge is -2.18. The summed E-state index contributed by atoms with van der Waals surface area (Å²) in [6, 6.07) is 0.0483. The molecule has 1 rings (SSSR count). The molecule has 0 aromatic rings. The van der Waals surface area contributed by atoms with Crippen LogP contribution in [-0.4, -0.2) is 55.6 Å². The van der Waals surface area contributed by atoms with Crippen LogP contribution in [-0.2, 0) is 4.79 Å². The molecule has 0 aromatic heterocycles. The Morgan fingerprint density at radius 3 is 2.73 bits per heavy atom. The average molecular weight is 213 g/mol. The first kappa shape index (κ1) is 12.5. The van der Waals surface area contributed by atoms with E-state index >= 15 is 0 Å². The maximum atomic E-state index is 11.9. The van der Waals surface area contributed by atoms with Crippen molar-refractivity contribution in [2.24, 2.45) is 5.92 Å². The molecule has 1 heterocycles. The van der Waals surface area contributed by atoms with Crippen molar-refractivity contribution in [3.63, 3.8) is 0 Å². The second kappa shape index (κ2) is 5.47. The average Bonchev–Trinajstić information content (AvgIpc) is 2.44. The normalized spacial score (nSPS) is 22.1. The lowest BCUT2D eigenvalue weighted by atomic mass is 10.0. The molecule has 0 saturated carbocycles. The second-order valence-corrected chi connectivity index (χ2v) is 4.95. The topological polar surface area (TPSA) is 35.6 Å². The standard InChI is InChI=1S/C11H23N3O/c1-9(2)7-10-11(15)14(8-12-10)6-5-13(3)4/h9-10,12H,5-8H2,1-4H3. The summed E-state index contributed by atoms with van der Waals surface area (Å²) in [7, 11) is 4.05. The van der Waals surface area contributed by atoms with Gasteiger partial charge in [0.05, 0.1) is 12.7 Å². The van der Waals surface area contributed by atoms with Gasteiger partial charge in [-0.1, -0.05) is 13.8 Å². The Morgan fingerprint density at radius 2 is 2.20 bits per heavy atom. The van der Waals surface area contributed by atoms with Crippen LogP contribution in [0.15, 0.2) is 0 Å². The molecule has 0 bridgehead atoms. The van der Waals surface area contributed by atoms with Gasteiger partial charge in [0, 0.05) is 13.1 Å². The minimum absolute atomic E-state index is 0.0483. The molecule has 15 heavy (non-hydrogen) atoms. The number of nitrogens with one attached hydrogen (secondary N) is 1. The predicted molar refractivity (Wildman–Crippen MR) is 61.5 cm³/mol. The molecule has 1 aliphatic heterocycles. The lowest BCUT2D eigenvalue weighted by molar-refractivity contribution is -0.129. The first-order chi connectivity index (χ1) is 7.00. The number of hydrogen-bond acceptors (Lipinski definition) is 3. The van der Waals surface area contributed by atoms with Crippen LogP contribution in [0.2, 0.25) is 0 Å². The highest BCUT2D eigenvalue weighted by Gasteiger charge is 2.30. The molecule has 1 atom stereocenters. The summed E-state index contributed by atoms with van der Waals surface area (Å²) in [5.41, 5.74) is 0. The third kappa shape index (κ3) is 3.80. The van der Waals surface area contributed by atoms with Gasteiger partial charge in [-0.05, 0) is 26.4 Å². The molecule has 1 unspecified atom stereocenters. The Kier molecular flexibility index (Phi) is 4.54. The van der Waals surface area contributed by atoms with Gasteiger partial charge in [0.15, 0.2) is 0 Å². The fraction of sp³-hybridized carbons (Fsp3) is 0.909. The minimum Gasteiger partial charge on any atom is -0.327 e. The molecule has 0 radical (unpaired) electrons. The number of amides is 1. The smallest absolute Gasteiger partial charge is 0.240 e. The highest BCUT2D eigenvalue weighted by molar-refractivity contribution is 5.83. The van der Waals surface area contributed by atoms with Crippen LogP contribution in [0.5, 0.6) is 0 Å². The molecule has 1 fully saturated rings. The van der Waals surface area contributed by atoms with Crippen molar-refractivity contribution >= 4 is 5.91 Å². The van der Waals surface area contributed by atoms with Crippen LogP contribution in [0.25, 0.3) is 0 Å². The van der Waals surface area contributed by atoms with Crippen molar-refractivity contribution in [3.8, 4) is 0 Å². The van der Waals surface area contributed by atoms with Crippen molar-refractivity contribution in [3.05, 3.63) is 0 Å². The van der Waals surface area contributed by atoms with Crippen molar-refractivity contribution in [2.75, 3.05) is 33.9 Å². The monoisotopic (exact) mass is 213 g/mol. The fourth-order valence-corrected chi connectivity index (χ4v) is 1.77. The third-order valence-corrected chi connectivity index (χ3v) is 2.66. The molecule has 4 heteroatoms. The Hall–Kier alpha value is -0.610. The molecule has 1 aliphatic rings. The van der Waals surface area contributed by atoms with E-state index < -0.39 is 0 Å². The van der Waals surface area contributed by atoms with E-state index in [1.54, 1.807) is 0 Å². The van der Waals surface area contributed by atoms with Crippen LogP contribution in [0.3, 0.4) is 0 Å². The van der Waals surface area contributed by atoms with Crippen LogP contribution >= 0.6 is 0 Å². The van der Waals surface area contributed by atoms with E-state index in [1.807, 2.05) is 19.0 Å². The maximum Gasteiger partial charge on any atom is 0.240 e. The highest BCUT2D eigenvalue weighted by atomic mass is 16.2. The van der Waals surface area contributed by atoms with Gasteiger partial charge in [0.1, 0.15) is 0 Å². The van der Waals surface area contributed by atoms with Gasteiger partial charge in [0.25, 0.3) is 0 Å². The Morgan fingerprint density at radius 1 is 1.53 bits per heavy atom. The van der Waals surface area contributed by atoms with E-state index in [0.717, 1.165) is 19.5 Å². The van der Waals surface area contributed by atoms with Gasteiger partial charge in [-0.15, -0.1) is 0 Å². The third-order valence-electron chi connectivity index (χ3n) is 2.66. The molecule has 4 nitrogen and oxygen atoms in total. The molecule has 1 amide bonds. The van der Waals surface area contributed by atoms with Crippen molar-refractivity contribution in [2.45, 2.75) is 26.3 Å². The zero-order chi connectivity index (χ0) is 11.4. The first-order valence-electron chi connectivity index (χ1n) is 5.67. The summed E-state index contributed by atoms with van der Waals surface area (Å²) >= 11 is 0. The number of rotatable bonds is 5. The van der Waals surface area contributed by atoms with E-state index in [0.29, 0.717) is 12.6 Å². The molecule has 1 saturated heterocycles. The van der Waals surface area contributed by atoms with E-state index in [2.05, 4.69) is 24.1 Å². The summed E-state index contributed by atoms with van der Waals surface area (Å²) in [6.45, 7) is 6.77. The molecule has 0 aliphatic carbocycles. The van der Waals surface area contributed by atoms with Crippen LogP contribution in [0.1, 0.15) is 20.3 Å². The van der Waals surface area contributed by atoms with Gasteiger partial charge in [-0.2, -0.15) is 0 Å². The van der Waals surface area contributed by atoms with E-state index in [9.17, 15) is 4.79 Å². The summed E-state index contributed by atoms with van der Waals surface area (Å²) in [4.78, 5) is 15.9. The Labute approximate surface area is 92.6 Å². The predicted octanol–water partition coefficient (Wildman–Crippen LogP) is 0.352. The fourth-order valence-electron chi connectivity index (χ4n) is 1.77. The summed E-state index contributed by atoms with van der Waals surface area (Å²) in [5.74, 6) is 0.839. The van der Waals surface area contributed by atoms with Gasteiger partial charge in [-0.25, -0.2) is 0 Å². The van der Waals surface area contributed by atoms with E-state index in [1.165, 1.54) is 0 Å². The molecular formula is C11H23N3O. The molecule has 0 aromatic carbocycles. The first-order valence-corrected chi connectivity index (χ1v) is 5.67. The highest BCUT2D eigenvalue weighted by Crippen LogP contribution is 2.12. The Bertz CT molecular complexity index is 216. The minimum atomic E-state index is 0.0483. The largest absolute Gasteiger partial charge is 0.327 e. The number of carbonyl (C=O) groups excluding carboxylic acids is 1. The molecule has 88 valence electrons. The van der Waals surface area contributed by atoms with Gasteiger partial charge in [-0.3, -0.25) is 10.1 Å². The quantitative estimate of drug-likeness (QED) is 0.716. The van der Waals surface area contributed by atoms with E-state index in [4.69, 9.17) is 0 Å². The summed E-state index contributed by atoms with van der Waals surface area (Å²) in [5, 5.41) is 3.27. The van der Waals surface area contributed by atoms with Gasteiger partial charge in [0.2, 0.25) is 5.91 Å². The number of nitrogens with zero attached hydrogens (tertiary/aromatic N) is 2. The van der Waals surface area contributed by atoms with Crippen molar-refractivity contribution in [1.29, 1.82) is 0 Å². The van der Waals surface area contributed by atoms with E-state index in [-0.39, 0.29) is 11.9 Å². The van der Waals surface area contributed by atoms with Gasteiger partial charge < -0.3 is 9.80 Å². The zero-order valence-corrected chi connectivity index (χ0v) is 10.3. The SMILES string of the molecule is CC(C)CC1NCN(CCN(C)C)C1=O. The molecule has 0 spiro atoms. The van der Waals surface area contributed by atoms with Crippen LogP contribution < -0.4 is 5.32 Å². The van der Waals surface area contributed by atoms with Crippen LogP contribution in [0.4, 0.5) is 0 Å². The number of likely N-dealkylation sites (N-methyl/N-ethyl adjacent to an activating group) is 1. The Balaban J connectivity index is 2.35. The maximum absolute atomic E-state index is 11.9. The summed E-state index contributed by atoms with van der Waals surface area (Å²) < 4.78 is 0.